The van der Waals surface area contributed by atoms with Crippen LogP contribution >= 0.6 is 0 Å². The smallest absolute Gasteiger partial charge is 0.221 e. The molecule has 0 saturated heterocycles. The SMILES string of the molecule is CNCCC(=O)NCc1ccc(-c2nn[nH]n2)cc1. The lowest BCUT2D eigenvalue weighted by molar-refractivity contribution is -0.121. The standard InChI is InChI=1S/C12H16N6O/c1-13-7-6-11(19)14-8-9-2-4-10(5-3-9)12-15-17-18-16-12/h2-5,13H,6-8H2,1H3,(H,14,19)(H,15,16,17,18). The highest BCUT2D eigenvalue weighted by Gasteiger charge is 2.03. The molecule has 19 heavy (non-hydrogen) atoms. The van der Waals surface area contributed by atoms with Crippen molar-refractivity contribution >= 4 is 5.91 Å². The van der Waals surface area contributed by atoms with E-state index in [4.69, 9.17) is 0 Å². The molecule has 1 aromatic carbocycles. The molecule has 0 saturated carbocycles. The van der Waals surface area contributed by atoms with Crippen LogP contribution in [-0.2, 0) is 11.3 Å². The van der Waals surface area contributed by atoms with Gasteiger partial charge in [-0.05, 0) is 17.8 Å². The number of benzene rings is 1. The molecule has 2 rings (SSSR count). The third-order valence-electron chi connectivity index (χ3n) is 2.65. The molecule has 3 N–H and O–H groups in total. The van der Waals surface area contributed by atoms with Gasteiger partial charge in [-0.2, -0.15) is 5.21 Å². The molecule has 0 radical (unpaired) electrons. The third kappa shape index (κ3) is 3.85. The number of nitrogens with one attached hydrogen (secondary N) is 3. The van der Waals surface area contributed by atoms with E-state index in [1.165, 1.54) is 0 Å². The van der Waals surface area contributed by atoms with E-state index in [9.17, 15) is 4.79 Å². The lowest BCUT2D eigenvalue weighted by Crippen LogP contribution is -2.26. The fourth-order valence-electron chi connectivity index (χ4n) is 1.58. The summed E-state index contributed by atoms with van der Waals surface area (Å²) in [5.41, 5.74) is 1.92. The maximum Gasteiger partial charge on any atom is 0.221 e. The van der Waals surface area contributed by atoms with E-state index in [1.54, 1.807) is 0 Å². The van der Waals surface area contributed by atoms with E-state index in [2.05, 4.69) is 31.3 Å². The Balaban J connectivity index is 1.87. The normalized spacial score (nSPS) is 10.4. The first-order chi connectivity index (χ1) is 9.29. The predicted octanol–water partition coefficient (Wildman–Crippen LogP) is 0.0924. The summed E-state index contributed by atoms with van der Waals surface area (Å²) in [6, 6.07) is 7.67. The Hall–Kier alpha value is -2.28. The van der Waals surface area contributed by atoms with Crippen LogP contribution in [0.5, 0.6) is 0 Å². The Bertz CT molecular complexity index is 508. The number of rotatable bonds is 6. The minimum Gasteiger partial charge on any atom is -0.352 e. The minimum atomic E-state index is 0.0385. The quantitative estimate of drug-likeness (QED) is 0.684. The molecule has 100 valence electrons. The van der Waals surface area contributed by atoms with Gasteiger partial charge >= 0.3 is 0 Å². The number of hydrogen-bond acceptors (Lipinski definition) is 5. The van der Waals surface area contributed by atoms with E-state index in [0.717, 1.165) is 11.1 Å². The fourth-order valence-corrected chi connectivity index (χ4v) is 1.58. The number of H-pyrrole nitrogens is 1. The second-order valence-electron chi connectivity index (χ2n) is 4.06. The second kappa shape index (κ2) is 6.60. The second-order valence-corrected chi connectivity index (χ2v) is 4.06. The first-order valence-electron chi connectivity index (χ1n) is 6.03. The number of aromatic amines is 1. The zero-order valence-corrected chi connectivity index (χ0v) is 10.7. The van der Waals surface area contributed by atoms with Crippen LogP contribution in [0.3, 0.4) is 0 Å². The molecule has 0 aliphatic carbocycles. The van der Waals surface area contributed by atoms with Crippen LogP contribution in [0, 0.1) is 0 Å². The Kier molecular flexibility index (Phi) is 4.57. The average Bonchev–Trinajstić information content (AvgIpc) is 2.97. The van der Waals surface area contributed by atoms with Gasteiger partial charge in [0, 0.05) is 25.1 Å². The highest BCUT2D eigenvalue weighted by Crippen LogP contribution is 2.13. The Morgan fingerprint density at radius 3 is 2.74 bits per heavy atom. The number of hydrogen-bond donors (Lipinski definition) is 3. The predicted molar refractivity (Wildman–Crippen MR) is 70.0 cm³/mol. The molecule has 0 bridgehead atoms. The Morgan fingerprint density at radius 2 is 2.11 bits per heavy atom. The molecule has 1 aromatic heterocycles. The van der Waals surface area contributed by atoms with Gasteiger partial charge in [0.15, 0.2) is 0 Å². The fraction of sp³-hybridized carbons (Fsp3) is 0.333. The monoisotopic (exact) mass is 260 g/mol. The molecule has 7 heteroatoms. The van der Waals surface area contributed by atoms with Gasteiger partial charge in [-0.25, -0.2) is 0 Å². The van der Waals surface area contributed by atoms with Crippen molar-refractivity contribution in [1.29, 1.82) is 0 Å². The molecule has 0 unspecified atom stereocenters. The van der Waals surface area contributed by atoms with Gasteiger partial charge in [-0.15, -0.1) is 10.2 Å². The summed E-state index contributed by atoms with van der Waals surface area (Å²) in [7, 11) is 1.82. The zero-order chi connectivity index (χ0) is 13.5. The van der Waals surface area contributed by atoms with Crippen molar-refractivity contribution in [3.8, 4) is 11.4 Å². The van der Waals surface area contributed by atoms with Crippen LogP contribution in [0.4, 0.5) is 0 Å². The van der Waals surface area contributed by atoms with Crippen molar-refractivity contribution in [3.05, 3.63) is 29.8 Å². The average molecular weight is 260 g/mol. The van der Waals surface area contributed by atoms with Crippen molar-refractivity contribution < 1.29 is 4.79 Å². The van der Waals surface area contributed by atoms with Crippen molar-refractivity contribution in [2.24, 2.45) is 0 Å². The van der Waals surface area contributed by atoms with E-state index < -0.39 is 0 Å². The lowest BCUT2D eigenvalue weighted by atomic mass is 10.1. The molecule has 2 aromatic rings. The molecular weight excluding hydrogens is 244 g/mol. The molecule has 1 heterocycles. The van der Waals surface area contributed by atoms with Gasteiger partial charge in [0.1, 0.15) is 0 Å². The van der Waals surface area contributed by atoms with Crippen molar-refractivity contribution in [2.75, 3.05) is 13.6 Å². The maximum absolute atomic E-state index is 11.4. The van der Waals surface area contributed by atoms with Gasteiger partial charge in [-0.3, -0.25) is 4.79 Å². The van der Waals surface area contributed by atoms with Crippen LogP contribution < -0.4 is 10.6 Å². The van der Waals surface area contributed by atoms with E-state index in [0.29, 0.717) is 25.3 Å². The molecule has 0 aliphatic heterocycles. The van der Waals surface area contributed by atoms with Gasteiger partial charge in [-0.1, -0.05) is 24.3 Å². The van der Waals surface area contributed by atoms with E-state index in [-0.39, 0.29) is 5.91 Å². The van der Waals surface area contributed by atoms with Gasteiger partial charge in [0.25, 0.3) is 0 Å². The third-order valence-corrected chi connectivity index (χ3v) is 2.65. The van der Waals surface area contributed by atoms with Crippen molar-refractivity contribution in [1.82, 2.24) is 31.3 Å². The summed E-state index contributed by atoms with van der Waals surface area (Å²) in [6.07, 6.45) is 0.484. The largest absolute Gasteiger partial charge is 0.352 e. The van der Waals surface area contributed by atoms with Crippen LogP contribution in [0.25, 0.3) is 11.4 Å². The summed E-state index contributed by atoms with van der Waals surface area (Å²) >= 11 is 0. The highest BCUT2D eigenvalue weighted by molar-refractivity contribution is 5.76. The summed E-state index contributed by atoms with van der Waals surface area (Å²) < 4.78 is 0. The lowest BCUT2D eigenvalue weighted by Gasteiger charge is -2.05. The molecule has 0 spiro atoms. The number of carbonyl (C=O) groups excluding carboxylic acids is 1. The van der Waals surface area contributed by atoms with Gasteiger partial charge in [0.2, 0.25) is 11.7 Å². The maximum atomic E-state index is 11.4. The topological polar surface area (TPSA) is 95.6 Å². The molecule has 1 amide bonds. The summed E-state index contributed by atoms with van der Waals surface area (Å²) in [4.78, 5) is 11.4. The summed E-state index contributed by atoms with van der Waals surface area (Å²) in [5.74, 6) is 0.598. The number of tetrazole rings is 1. The van der Waals surface area contributed by atoms with Crippen LogP contribution in [-0.4, -0.2) is 40.1 Å². The summed E-state index contributed by atoms with van der Waals surface area (Å²) in [6.45, 7) is 1.21. The van der Waals surface area contributed by atoms with Crippen LogP contribution in [0.1, 0.15) is 12.0 Å². The van der Waals surface area contributed by atoms with Crippen LogP contribution in [0.2, 0.25) is 0 Å². The molecule has 0 fully saturated rings. The number of carbonyl (C=O) groups is 1. The van der Waals surface area contributed by atoms with Crippen molar-refractivity contribution in [3.63, 3.8) is 0 Å². The molecule has 7 nitrogen and oxygen atoms in total. The van der Waals surface area contributed by atoms with E-state index >= 15 is 0 Å². The minimum absolute atomic E-state index is 0.0385. The van der Waals surface area contributed by atoms with E-state index in [1.807, 2.05) is 31.3 Å². The van der Waals surface area contributed by atoms with Crippen molar-refractivity contribution in [2.45, 2.75) is 13.0 Å². The molecule has 0 aliphatic rings. The van der Waals surface area contributed by atoms with Gasteiger partial charge in [0.05, 0.1) is 0 Å². The Labute approximate surface area is 110 Å². The number of nitrogens with zero attached hydrogens (tertiary/aromatic N) is 3. The number of amides is 1. The number of aromatic nitrogens is 4. The first kappa shape index (κ1) is 13.2. The summed E-state index contributed by atoms with van der Waals surface area (Å²) in [5, 5.41) is 19.5. The molecule has 0 atom stereocenters. The first-order valence-corrected chi connectivity index (χ1v) is 6.03. The van der Waals surface area contributed by atoms with Gasteiger partial charge < -0.3 is 10.6 Å². The molecular formula is C12H16N6O. The highest BCUT2D eigenvalue weighted by atomic mass is 16.1. The Morgan fingerprint density at radius 1 is 1.32 bits per heavy atom. The van der Waals surface area contributed by atoms with Crippen LogP contribution in [0.15, 0.2) is 24.3 Å². The zero-order valence-electron chi connectivity index (χ0n) is 10.7.